The van der Waals surface area contributed by atoms with Gasteiger partial charge in [0, 0.05) is 60.3 Å². The lowest BCUT2D eigenvalue weighted by atomic mass is 10.1. The van der Waals surface area contributed by atoms with Gasteiger partial charge in [0.1, 0.15) is 16.9 Å². The summed E-state index contributed by atoms with van der Waals surface area (Å²) < 4.78 is 26.5. The number of carbonyl (C=O) groups excluding carboxylic acids is 1. The van der Waals surface area contributed by atoms with Crippen molar-refractivity contribution in [3.05, 3.63) is 83.2 Å². The molecule has 0 radical (unpaired) electrons. The minimum Gasteiger partial charge on any atom is -0.494 e. The Morgan fingerprint density at radius 1 is 1.10 bits per heavy atom. The molecule has 13 heteroatoms. The quantitative estimate of drug-likeness (QED) is 0.229. The van der Waals surface area contributed by atoms with Crippen molar-refractivity contribution in [3.63, 3.8) is 0 Å². The maximum absolute atomic E-state index is 14.8. The number of fused-ring (bicyclic) bond motifs is 4. The van der Waals surface area contributed by atoms with Crippen molar-refractivity contribution >= 4 is 39.6 Å². The van der Waals surface area contributed by atoms with Gasteiger partial charge in [0.15, 0.2) is 17.5 Å². The van der Waals surface area contributed by atoms with E-state index in [1.165, 1.54) is 29.8 Å². The number of piperidine rings is 1. The molecule has 3 fully saturated rings. The summed E-state index contributed by atoms with van der Waals surface area (Å²) in [6.45, 7) is 1.84. The number of imidazole rings is 1. The third-order valence-electron chi connectivity index (χ3n) is 10.2. The summed E-state index contributed by atoms with van der Waals surface area (Å²) in [6.07, 6.45) is 11.0. The second kappa shape index (κ2) is 11.1. The van der Waals surface area contributed by atoms with Crippen LogP contribution in [0.4, 0.5) is 4.39 Å². The fourth-order valence-electron chi connectivity index (χ4n) is 7.64. The zero-order valence-electron chi connectivity index (χ0n) is 26.3. The largest absolute Gasteiger partial charge is 0.494 e. The molecule has 2 aliphatic carbocycles. The van der Waals surface area contributed by atoms with Gasteiger partial charge < -0.3 is 24.5 Å². The fourth-order valence-corrected chi connectivity index (χ4v) is 7.78. The van der Waals surface area contributed by atoms with E-state index in [4.69, 9.17) is 32.0 Å². The predicted molar refractivity (Wildman–Crippen MR) is 179 cm³/mol. The normalized spacial score (nSPS) is 20.4. The van der Waals surface area contributed by atoms with Gasteiger partial charge in [-0.15, -0.1) is 0 Å². The number of likely N-dealkylation sites (tertiary alicyclic amines) is 1. The van der Waals surface area contributed by atoms with Gasteiger partial charge in [0.05, 0.1) is 36.1 Å². The van der Waals surface area contributed by atoms with Gasteiger partial charge in [-0.3, -0.25) is 4.79 Å². The maximum Gasteiger partial charge on any atom is 0.254 e. The lowest BCUT2D eigenvalue weighted by Gasteiger charge is -2.27. The van der Waals surface area contributed by atoms with Gasteiger partial charge in [-0.1, -0.05) is 11.6 Å². The molecule has 2 saturated carbocycles. The van der Waals surface area contributed by atoms with Crippen molar-refractivity contribution in [2.75, 3.05) is 13.7 Å². The van der Waals surface area contributed by atoms with E-state index in [9.17, 15) is 9.18 Å². The number of benzene rings is 1. The maximum atomic E-state index is 14.8. The number of halogens is 2. The molecule has 1 amide bonds. The fraction of sp³-hybridized carbons (Fsp3) is 0.343. The highest BCUT2D eigenvalue weighted by atomic mass is 35.5. The highest BCUT2D eigenvalue weighted by Crippen LogP contribution is 2.40. The number of amides is 1. The van der Waals surface area contributed by atoms with Gasteiger partial charge >= 0.3 is 0 Å². The van der Waals surface area contributed by atoms with Crippen molar-refractivity contribution < 1.29 is 13.9 Å². The second-order valence-corrected chi connectivity index (χ2v) is 13.7. The number of carbonyl (C=O) groups is 1. The monoisotopic (exact) mass is 665 g/mol. The van der Waals surface area contributed by atoms with Crippen LogP contribution in [-0.2, 0) is 13.1 Å². The van der Waals surface area contributed by atoms with Crippen molar-refractivity contribution in [2.24, 2.45) is 17.6 Å². The number of nitrogens with two attached hydrogens (primary N) is 1. The molecular formula is C35H33ClFN9O2. The summed E-state index contributed by atoms with van der Waals surface area (Å²) in [5.74, 6) is 1.58. The van der Waals surface area contributed by atoms with Gasteiger partial charge in [-0.25, -0.2) is 24.0 Å². The molecule has 5 aromatic heterocycles. The Hall–Kier alpha value is -4.81. The van der Waals surface area contributed by atoms with Crippen LogP contribution >= 0.6 is 11.6 Å². The Morgan fingerprint density at radius 2 is 1.98 bits per heavy atom. The number of nitrogens with zero attached hydrogens (tertiary/aromatic N) is 8. The molecular weight excluding hydrogens is 633 g/mol. The van der Waals surface area contributed by atoms with E-state index in [-0.39, 0.29) is 28.8 Å². The van der Waals surface area contributed by atoms with Crippen LogP contribution < -0.4 is 10.5 Å². The summed E-state index contributed by atoms with van der Waals surface area (Å²) in [5.41, 5.74) is 11.0. The molecule has 48 heavy (non-hydrogen) atoms. The van der Waals surface area contributed by atoms with Crippen molar-refractivity contribution in [3.8, 4) is 23.1 Å². The van der Waals surface area contributed by atoms with Crippen LogP contribution in [0, 0.1) is 17.7 Å². The summed E-state index contributed by atoms with van der Waals surface area (Å²) in [6, 6.07) is 11.1. The molecule has 6 heterocycles. The zero-order chi connectivity index (χ0) is 32.7. The first-order valence-electron chi connectivity index (χ1n) is 16.3. The SMILES string of the molecule is COc1cc(C(=O)N2CC3CCC2[C@@H]3N)cc2nc(-c3cc4cccnc4n3CC3CC3)n(Cc3cnn(-c4ncc(Cl)cc4F)c3)c12. The van der Waals surface area contributed by atoms with Crippen LogP contribution in [-0.4, -0.2) is 70.4 Å². The minimum absolute atomic E-state index is 0.0184. The molecule has 2 N–H and O–H groups in total. The van der Waals surface area contributed by atoms with E-state index in [0.29, 0.717) is 47.6 Å². The highest BCUT2D eigenvalue weighted by Gasteiger charge is 2.47. The lowest BCUT2D eigenvalue weighted by molar-refractivity contribution is 0.0700. The van der Waals surface area contributed by atoms with Crippen LogP contribution in [0.1, 0.15) is 41.6 Å². The van der Waals surface area contributed by atoms with Crippen LogP contribution in [0.5, 0.6) is 5.75 Å². The molecule has 1 saturated heterocycles. The highest BCUT2D eigenvalue weighted by molar-refractivity contribution is 6.30. The third-order valence-corrected chi connectivity index (χ3v) is 10.4. The molecule has 11 nitrogen and oxygen atoms in total. The Labute approximate surface area is 280 Å². The molecule has 6 aromatic rings. The lowest BCUT2D eigenvalue weighted by Crippen LogP contribution is -2.41. The van der Waals surface area contributed by atoms with E-state index in [1.807, 2.05) is 29.3 Å². The van der Waals surface area contributed by atoms with Crippen LogP contribution in [0.25, 0.3) is 39.4 Å². The minimum atomic E-state index is -0.575. The van der Waals surface area contributed by atoms with Crippen LogP contribution in [0.15, 0.2) is 61.2 Å². The number of ether oxygens (including phenoxy) is 1. The van der Waals surface area contributed by atoms with Crippen molar-refractivity contribution in [1.82, 2.24) is 38.8 Å². The summed E-state index contributed by atoms with van der Waals surface area (Å²) in [5, 5.41) is 5.65. The number of hydrogen-bond donors (Lipinski definition) is 1. The van der Waals surface area contributed by atoms with Gasteiger partial charge in [0.2, 0.25) is 0 Å². The molecule has 0 spiro atoms. The first-order valence-corrected chi connectivity index (χ1v) is 16.7. The van der Waals surface area contributed by atoms with Crippen molar-refractivity contribution in [2.45, 2.75) is 50.9 Å². The molecule has 1 aliphatic heterocycles. The summed E-state index contributed by atoms with van der Waals surface area (Å²) in [4.78, 5) is 30.0. The first-order chi connectivity index (χ1) is 23.4. The van der Waals surface area contributed by atoms with Gasteiger partial charge in [-0.05, 0) is 73.9 Å². The zero-order valence-corrected chi connectivity index (χ0v) is 27.0. The Kier molecular flexibility index (Phi) is 6.80. The third kappa shape index (κ3) is 4.76. The number of pyridine rings is 2. The first kappa shape index (κ1) is 29.3. The van der Waals surface area contributed by atoms with Crippen LogP contribution in [0.3, 0.4) is 0 Å². The van der Waals surface area contributed by atoms with Crippen molar-refractivity contribution in [1.29, 1.82) is 0 Å². The second-order valence-electron chi connectivity index (χ2n) is 13.3. The van der Waals surface area contributed by atoms with Crippen LogP contribution in [0.2, 0.25) is 5.02 Å². The Balaban J connectivity index is 1.20. The summed E-state index contributed by atoms with van der Waals surface area (Å²) >= 11 is 5.94. The number of methoxy groups -OCH3 is 1. The number of aromatic nitrogens is 7. The van der Waals surface area contributed by atoms with E-state index in [0.717, 1.165) is 47.2 Å². The number of hydrogen-bond acceptors (Lipinski definition) is 7. The Morgan fingerprint density at radius 3 is 2.73 bits per heavy atom. The Bertz CT molecular complexity index is 2240. The molecule has 1 aromatic carbocycles. The molecule has 244 valence electrons. The molecule has 2 unspecified atom stereocenters. The smallest absolute Gasteiger partial charge is 0.254 e. The summed E-state index contributed by atoms with van der Waals surface area (Å²) in [7, 11) is 1.61. The van der Waals surface area contributed by atoms with E-state index < -0.39 is 5.82 Å². The average Bonchev–Trinajstić information content (AvgIpc) is 3.39. The van der Waals surface area contributed by atoms with E-state index in [2.05, 4.69) is 31.3 Å². The van der Waals surface area contributed by atoms with Gasteiger partial charge in [0.25, 0.3) is 5.91 Å². The topological polar surface area (TPSA) is 122 Å². The van der Waals surface area contributed by atoms with Gasteiger partial charge in [-0.2, -0.15) is 5.10 Å². The molecule has 9 rings (SSSR count). The number of rotatable bonds is 8. The molecule has 3 atom stereocenters. The molecule has 3 aliphatic rings. The standard InChI is InChI=1S/C35H33ClFN9O2/c1-48-29-11-23(35(47)44-18-22-6-7-27(44)30(22)38)9-26-31(29)45(16-20-13-41-46(17-20)33-25(37)12-24(36)14-40-33)34(42-26)28-10-21-3-2-8-39-32(21)43(28)15-19-4-5-19/h2-3,8-14,17,19,22,27,30H,4-7,15-16,18,38H2,1H3/t22?,27?,30-/m1/s1. The average molecular weight is 666 g/mol. The predicted octanol–water partition coefficient (Wildman–Crippen LogP) is 5.45. The molecule has 2 bridgehead atoms. The van der Waals surface area contributed by atoms with E-state index >= 15 is 0 Å². The van der Waals surface area contributed by atoms with E-state index in [1.54, 1.807) is 19.5 Å².